The van der Waals surface area contributed by atoms with Crippen LogP contribution in [0.15, 0.2) is 66.7 Å². The van der Waals surface area contributed by atoms with Gasteiger partial charge in [0.2, 0.25) is 11.8 Å². The Morgan fingerprint density at radius 2 is 1.80 bits per heavy atom. The molecule has 0 saturated carbocycles. The molecule has 0 aromatic heterocycles. The first-order valence-corrected chi connectivity index (χ1v) is 10.1. The summed E-state index contributed by atoms with van der Waals surface area (Å²) in [6.07, 6.45) is 3.09. The number of hydrogen-bond acceptors (Lipinski definition) is 2. The number of aryl methyl sites for hydroxylation is 2. The van der Waals surface area contributed by atoms with E-state index in [0.717, 1.165) is 40.9 Å². The molecule has 4 nitrogen and oxygen atoms in total. The van der Waals surface area contributed by atoms with Crippen LogP contribution in [-0.4, -0.2) is 11.8 Å². The summed E-state index contributed by atoms with van der Waals surface area (Å²) in [4.78, 5) is 23.7. The van der Waals surface area contributed by atoms with Crippen LogP contribution in [0.5, 0.6) is 0 Å². The highest BCUT2D eigenvalue weighted by atomic mass is 19.1. The number of fused-ring (bicyclic) bond motifs is 1. The number of halogens is 1. The predicted molar refractivity (Wildman–Crippen MR) is 117 cm³/mol. The average Bonchev–Trinajstić information content (AvgIpc) is 2.75. The maximum atomic E-state index is 13.9. The fourth-order valence-corrected chi connectivity index (χ4v) is 3.68. The minimum Gasteiger partial charge on any atom is -0.326 e. The zero-order valence-electron chi connectivity index (χ0n) is 16.6. The van der Waals surface area contributed by atoms with Gasteiger partial charge in [0.1, 0.15) is 5.82 Å². The Hall–Kier alpha value is -3.47. The number of nitrogens with one attached hydrogen (secondary N) is 2. The van der Waals surface area contributed by atoms with Gasteiger partial charge in [-0.25, -0.2) is 4.39 Å². The molecule has 0 atom stereocenters. The SMILES string of the molecule is O=C(CCCc1ccc(-c2ccccc2F)cc1)Nc1ccc2c(c1)CCC(=O)N2. The molecule has 3 aromatic carbocycles. The third-order valence-electron chi connectivity index (χ3n) is 5.29. The van der Waals surface area contributed by atoms with Crippen molar-refractivity contribution < 1.29 is 14.0 Å². The summed E-state index contributed by atoms with van der Waals surface area (Å²) in [7, 11) is 0. The van der Waals surface area contributed by atoms with Gasteiger partial charge in [-0.05, 0) is 60.2 Å². The summed E-state index contributed by atoms with van der Waals surface area (Å²) < 4.78 is 13.9. The Morgan fingerprint density at radius 3 is 2.60 bits per heavy atom. The molecule has 0 saturated heterocycles. The largest absolute Gasteiger partial charge is 0.326 e. The summed E-state index contributed by atoms with van der Waals surface area (Å²) in [6.45, 7) is 0. The number of rotatable bonds is 6. The number of anilines is 2. The van der Waals surface area contributed by atoms with E-state index in [0.29, 0.717) is 24.8 Å². The second-order valence-electron chi connectivity index (χ2n) is 7.50. The molecule has 2 N–H and O–H groups in total. The Balaban J connectivity index is 1.28. The van der Waals surface area contributed by atoms with Gasteiger partial charge in [-0.15, -0.1) is 0 Å². The third kappa shape index (κ3) is 4.74. The van der Waals surface area contributed by atoms with E-state index in [1.54, 1.807) is 12.1 Å². The Labute approximate surface area is 175 Å². The van der Waals surface area contributed by atoms with Crippen molar-refractivity contribution in [1.82, 2.24) is 0 Å². The van der Waals surface area contributed by atoms with Crippen molar-refractivity contribution in [3.63, 3.8) is 0 Å². The number of carbonyl (C=O) groups is 2. The minimum atomic E-state index is -0.230. The summed E-state index contributed by atoms with van der Waals surface area (Å²) >= 11 is 0. The number of hydrogen-bond donors (Lipinski definition) is 2. The molecule has 0 bridgehead atoms. The van der Waals surface area contributed by atoms with Crippen molar-refractivity contribution in [3.8, 4) is 11.1 Å². The van der Waals surface area contributed by atoms with Gasteiger partial charge in [0, 0.05) is 29.8 Å². The normalized spacial score (nSPS) is 12.8. The van der Waals surface area contributed by atoms with Crippen molar-refractivity contribution in [1.29, 1.82) is 0 Å². The van der Waals surface area contributed by atoms with E-state index in [4.69, 9.17) is 0 Å². The van der Waals surface area contributed by atoms with Crippen LogP contribution in [0.25, 0.3) is 11.1 Å². The van der Waals surface area contributed by atoms with E-state index in [1.165, 1.54) is 6.07 Å². The van der Waals surface area contributed by atoms with Crippen molar-refractivity contribution in [3.05, 3.63) is 83.7 Å². The molecule has 0 spiro atoms. The molecule has 2 amide bonds. The highest BCUT2D eigenvalue weighted by Gasteiger charge is 2.15. The first kappa shape index (κ1) is 19.8. The molecule has 4 rings (SSSR count). The third-order valence-corrected chi connectivity index (χ3v) is 5.29. The zero-order valence-corrected chi connectivity index (χ0v) is 16.6. The van der Waals surface area contributed by atoms with Crippen LogP contribution in [0, 0.1) is 5.82 Å². The molecule has 0 radical (unpaired) electrons. The fraction of sp³-hybridized carbons (Fsp3) is 0.200. The first-order chi connectivity index (χ1) is 14.6. The molecular weight excluding hydrogens is 379 g/mol. The van der Waals surface area contributed by atoms with E-state index in [1.807, 2.05) is 48.5 Å². The van der Waals surface area contributed by atoms with E-state index < -0.39 is 0 Å². The van der Waals surface area contributed by atoms with E-state index in [9.17, 15) is 14.0 Å². The molecule has 0 unspecified atom stereocenters. The smallest absolute Gasteiger partial charge is 0.224 e. The van der Waals surface area contributed by atoms with Gasteiger partial charge in [-0.1, -0.05) is 42.5 Å². The van der Waals surface area contributed by atoms with Gasteiger partial charge in [-0.3, -0.25) is 9.59 Å². The highest BCUT2D eigenvalue weighted by Crippen LogP contribution is 2.26. The molecule has 1 heterocycles. The van der Waals surface area contributed by atoms with Crippen LogP contribution in [-0.2, 0) is 22.4 Å². The number of amides is 2. The lowest BCUT2D eigenvalue weighted by atomic mass is 10.0. The van der Waals surface area contributed by atoms with Crippen LogP contribution in [0.2, 0.25) is 0 Å². The van der Waals surface area contributed by atoms with Crippen LogP contribution < -0.4 is 10.6 Å². The molecule has 0 aliphatic carbocycles. The van der Waals surface area contributed by atoms with Crippen LogP contribution in [0.3, 0.4) is 0 Å². The summed E-state index contributed by atoms with van der Waals surface area (Å²) in [5.41, 5.74) is 5.17. The monoisotopic (exact) mass is 402 g/mol. The molecule has 30 heavy (non-hydrogen) atoms. The van der Waals surface area contributed by atoms with Gasteiger partial charge in [0.25, 0.3) is 0 Å². The Kier molecular flexibility index (Phi) is 5.89. The van der Waals surface area contributed by atoms with E-state index in [-0.39, 0.29) is 17.6 Å². The standard InChI is InChI=1S/C25H23FN2O2/c26-22-6-2-1-5-21(22)18-10-8-17(9-11-18)4-3-7-24(29)27-20-13-14-23-19(16-20)12-15-25(30)28-23/h1-2,5-6,8-11,13-14,16H,3-4,7,12,15H2,(H,27,29)(H,28,30). The lowest BCUT2D eigenvalue weighted by molar-refractivity contribution is -0.117. The quantitative estimate of drug-likeness (QED) is 0.585. The molecule has 1 aliphatic rings. The van der Waals surface area contributed by atoms with E-state index >= 15 is 0 Å². The van der Waals surface area contributed by atoms with Crippen molar-refractivity contribution in [2.45, 2.75) is 32.1 Å². The summed E-state index contributed by atoms with van der Waals surface area (Å²) in [6, 6.07) is 20.1. The second kappa shape index (κ2) is 8.91. The van der Waals surface area contributed by atoms with Crippen molar-refractivity contribution >= 4 is 23.2 Å². The second-order valence-corrected chi connectivity index (χ2v) is 7.50. The number of benzene rings is 3. The summed E-state index contributed by atoms with van der Waals surface area (Å²) in [5.74, 6) is -0.231. The Bertz CT molecular complexity index is 1080. The lowest BCUT2D eigenvalue weighted by Crippen LogP contribution is -2.19. The molecule has 0 fully saturated rings. The zero-order chi connectivity index (χ0) is 20.9. The van der Waals surface area contributed by atoms with Gasteiger partial charge < -0.3 is 10.6 Å². The van der Waals surface area contributed by atoms with Gasteiger partial charge in [0.15, 0.2) is 0 Å². The lowest BCUT2D eigenvalue weighted by Gasteiger charge is -2.17. The first-order valence-electron chi connectivity index (χ1n) is 10.1. The van der Waals surface area contributed by atoms with Gasteiger partial charge in [-0.2, -0.15) is 0 Å². The molecule has 5 heteroatoms. The van der Waals surface area contributed by atoms with Gasteiger partial charge in [0.05, 0.1) is 0 Å². The Morgan fingerprint density at radius 1 is 1.00 bits per heavy atom. The number of carbonyl (C=O) groups excluding carboxylic acids is 2. The molecule has 152 valence electrons. The molecular formula is C25H23FN2O2. The van der Waals surface area contributed by atoms with Crippen LogP contribution >= 0.6 is 0 Å². The van der Waals surface area contributed by atoms with Crippen LogP contribution in [0.4, 0.5) is 15.8 Å². The minimum absolute atomic E-state index is 0.0289. The predicted octanol–water partition coefficient (Wildman–Crippen LogP) is 5.34. The molecule has 1 aliphatic heterocycles. The topological polar surface area (TPSA) is 58.2 Å². The average molecular weight is 402 g/mol. The molecule has 3 aromatic rings. The van der Waals surface area contributed by atoms with E-state index in [2.05, 4.69) is 10.6 Å². The van der Waals surface area contributed by atoms with Crippen molar-refractivity contribution in [2.24, 2.45) is 0 Å². The fourth-order valence-electron chi connectivity index (χ4n) is 3.68. The maximum Gasteiger partial charge on any atom is 0.224 e. The summed E-state index contributed by atoms with van der Waals surface area (Å²) in [5, 5.41) is 5.77. The highest BCUT2D eigenvalue weighted by molar-refractivity contribution is 5.95. The van der Waals surface area contributed by atoms with Crippen molar-refractivity contribution in [2.75, 3.05) is 10.6 Å². The maximum absolute atomic E-state index is 13.9. The van der Waals surface area contributed by atoms with Gasteiger partial charge >= 0.3 is 0 Å². The van der Waals surface area contributed by atoms with Crippen LogP contribution in [0.1, 0.15) is 30.4 Å².